The summed E-state index contributed by atoms with van der Waals surface area (Å²) in [5, 5.41) is 0. The summed E-state index contributed by atoms with van der Waals surface area (Å²) in [7, 11) is -1.81. The molecule has 6 nitrogen and oxygen atoms in total. The van der Waals surface area contributed by atoms with Gasteiger partial charge in [-0.1, -0.05) is 32.0 Å². The molecule has 30 heavy (non-hydrogen) atoms. The molecule has 3 rings (SSSR count). The summed E-state index contributed by atoms with van der Waals surface area (Å²) in [6.07, 6.45) is 1.84. The van der Waals surface area contributed by atoms with E-state index < -0.39 is 10.0 Å². The number of sulfonamides is 1. The number of methoxy groups -OCH3 is 1. The maximum atomic E-state index is 12.7. The van der Waals surface area contributed by atoms with Crippen molar-refractivity contribution in [2.24, 2.45) is 0 Å². The number of hydrogen-bond acceptors (Lipinski definition) is 4. The lowest BCUT2D eigenvalue weighted by Crippen LogP contribution is -2.36. The van der Waals surface area contributed by atoms with Crippen molar-refractivity contribution in [3.63, 3.8) is 0 Å². The summed E-state index contributed by atoms with van der Waals surface area (Å²) < 4.78 is 31.9. The molecule has 2 aromatic rings. The van der Waals surface area contributed by atoms with Gasteiger partial charge in [-0.2, -0.15) is 4.31 Å². The number of amides is 1. The highest BCUT2D eigenvalue weighted by Crippen LogP contribution is 2.24. The molecule has 2 aromatic carbocycles. The zero-order valence-corrected chi connectivity index (χ0v) is 18.7. The van der Waals surface area contributed by atoms with E-state index in [9.17, 15) is 13.2 Å². The molecule has 1 aliphatic heterocycles. The van der Waals surface area contributed by atoms with E-state index in [1.807, 2.05) is 30.9 Å². The lowest BCUT2D eigenvalue weighted by molar-refractivity contribution is -0.132. The number of aryl methyl sites for hydroxylation is 1. The molecular weight excluding hydrogens is 400 g/mol. The number of rotatable bonds is 8. The fourth-order valence-electron chi connectivity index (χ4n) is 3.82. The smallest absolute Gasteiger partial charge is 0.243 e. The van der Waals surface area contributed by atoms with Gasteiger partial charge in [-0.15, -0.1) is 0 Å². The molecule has 1 amide bonds. The van der Waals surface area contributed by atoms with Crippen LogP contribution in [0.3, 0.4) is 0 Å². The second-order valence-corrected chi connectivity index (χ2v) is 9.37. The molecule has 0 aromatic heterocycles. The molecule has 0 saturated carbocycles. The van der Waals surface area contributed by atoms with Crippen LogP contribution < -0.4 is 4.74 Å². The van der Waals surface area contributed by atoms with Crippen LogP contribution in [-0.2, 0) is 34.2 Å². The quantitative estimate of drug-likeness (QED) is 0.645. The summed E-state index contributed by atoms with van der Waals surface area (Å²) in [5.41, 5.74) is 3.37. The maximum Gasteiger partial charge on any atom is 0.243 e. The Morgan fingerprint density at radius 1 is 1.07 bits per heavy atom. The second kappa shape index (κ2) is 9.62. The van der Waals surface area contributed by atoms with Gasteiger partial charge in [0, 0.05) is 32.6 Å². The Hall–Kier alpha value is -2.38. The summed E-state index contributed by atoms with van der Waals surface area (Å²) in [5.74, 6) is 0.922. The Bertz CT molecular complexity index is 983. The highest BCUT2D eigenvalue weighted by molar-refractivity contribution is 7.89. The summed E-state index contributed by atoms with van der Waals surface area (Å²) >= 11 is 0. The molecule has 0 bridgehead atoms. The third-order valence-electron chi connectivity index (χ3n) is 5.67. The van der Waals surface area contributed by atoms with Crippen molar-refractivity contribution in [1.82, 2.24) is 9.21 Å². The first kappa shape index (κ1) is 22.3. The van der Waals surface area contributed by atoms with Gasteiger partial charge in [0.2, 0.25) is 15.9 Å². The first-order chi connectivity index (χ1) is 14.4. The van der Waals surface area contributed by atoms with E-state index in [0.29, 0.717) is 37.4 Å². The van der Waals surface area contributed by atoms with Crippen molar-refractivity contribution in [2.75, 3.05) is 26.7 Å². The van der Waals surface area contributed by atoms with E-state index in [1.54, 1.807) is 31.4 Å². The Labute approximate surface area is 179 Å². The van der Waals surface area contributed by atoms with Crippen molar-refractivity contribution < 1.29 is 17.9 Å². The van der Waals surface area contributed by atoms with Gasteiger partial charge in [-0.25, -0.2) is 8.42 Å². The van der Waals surface area contributed by atoms with Gasteiger partial charge in [-0.3, -0.25) is 4.79 Å². The van der Waals surface area contributed by atoms with Crippen LogP contribution in [0, 0.1) is 0 Å². The predicted molar refractivity (Wildman–Crippen MR) is 117 cm³/mol. The Morgan fingerprint density at radius 2 is 1.77 bits per heavy atom. The monoisotopic (exact) mass is 430 g/mol. The Morgan fingerprint density at radius 3 is 2.40 bits per heavy atom. The standard InChI is InChI=1S/C23H30N2O4S/c1-4-25(5-2)30(27,28)22-11-6-18(7-12-22)8-13-23(26)24-15-14-19-9-10-21(29-3)16-20(19)17-24/h6-7,9-12,16H,4-5,8,13-15,17H2,1-3H3. The number of benzene rings is 2. The van der Waals surface area contributed by atoms with Crippen molar-refractivity contribution in [3.05, 3.63) is 59.2 Å². The summed E-state index contributed by atoms with van der Waals surface area (Å²) in [4.78, 5) is 14.9. The third kappa shape index (κ3) is 4.84. The molecule has 0 N–H and O–H groups in total. The van der Waals surface area contributed by atoms with Crippen LogP contribution in [0.1, 0.15) is 37.0 Å². The van der Waals surface area contributed by atoms with Crippen molar-refractivity contribution >= 4 is 15.9 Å². The minimum atomic E-state index is -3.45. The van der Waals surface area contributed by atoms with Crippen LogP contribution in [0.15, 0.2) is 47.4 Å². The average Bonchev–Trinajstić information content (AvgIpc) is 2.77. The fraction of sp³-hybridized carbons (Fsp3) is 0.435. The number of nitrogens with zero attached hydrogens (tertiary/aromatic N) is 2. The van der Waals surface area contributed by atoms with Crippen LogP contribution in [0.4, 0.5) is 0 Å². The predicted octanol–water partition coefficient (Wildman–Crippen LogP) is 3.24. The summed E-state index contributed by atoms with van der Waals surface area (Å²) in [6.45, 7) is 5.87. The molecule has 1 heterocycles. The first-order valence-corrected chi connectivity index (χ1v) is 11.9. The first-order valence-electron chi connectivity index (χ1n) is 10.4. The highest BCUT2D eigenvalue weighted by atomic mass is 32.2. The molecule has 0 saturated heterocycles. The zero-order chi connectivity index (χ0) is 21.7. The summed E-state index contributed by atoms with van der Waals surface area (Å²) in [6, 6.07) is 12.9. The van der Waals surface area contributed by atoms with Gasteiger partial charge in [0.05, 0.1) is 12.0 Å². The normalized spacial score (nSPS) is 13.9. The largest absolute Gasteiger partial charge is 0.497 e. The second-order valence-electron chi connectivity index (χ2n) is 7.43. The molecular formula is C23H30N2O4S. The lowest BCUT2D eigenvalue weighted by atomic mass is 9.99. The molecule has 0 radical (unpaired) electrons. The maximum absolute atomic E-state index is 12.7. The molecule has 1 aliphatic rings. The zero-order valence-electron chi connectivity index (χ0n) is 17.9. The fourth-order valence-corrected chi connectivity index (χ4v) is 5.28. The van der Waals surface area contributed by atoms with Gasteiger partial charge in [0.15, 0.2) is 0 Å². The van der Waals surface area contributed by atoms with Crippen molar-refractivity contribution in [1.29, 1.82) is 0 Å². The van der Waals surface area contributed by atoms with E-state index >= 15 is 0 Å². The van der Waals surface area contributed by atoms with E-state index in [2.05, 4.69) is 6.07 Å². The van der Waals surface area contributed by atoms with Crippen LogP contribution in [0.2, 0.25) is 0 Å². The SMILES string of the molecule is CCN(CC)S(=O)(=O)c1ccc(CCC(=O)N2CCc3ccc(OC)cc3C2)cc1. The highest BCUT2D eigenvalue weighted by Gasteiger charge is 2.22. The average molecular weight is 431 g/mol. The molecule has 162 valence electrons. The van der Waals surface area contributed by atoms with E-state index in [-0.39, 0.29) is 5.91 Å². The van der Waals surface area contributed by atoms with Crippen molar-refractivity contribution in [2.45, 2.75) is 44.6 Å². The number of fused-ring (bicyclic) bond motifs is 1. The van der Waals surface area contributed by atoms with Crippen LogP contribution in [0.5, 0.6) is 5.75 Å². The van der Waals surface area contributed by atoms with Crippen LogP contribution in [-0.4, -0.2) is 50.3 Å². The Kier molecular flexibility index (Phi) is 7.15. The van der Waals surface area contributed by atoms with E-state index in [0.717, 1.165) is 29.8 Å². The van der Waals surface area contributed by atoms with Crippen LogP contribution >= 0.6 is 0 Å². The van der Waals surface area contributed by atoms with Gasteiger partial charge < -0.3 is 9.64 Å². The molecule has 0 fully saturated rings. The number of hydrogen-bond donors (Lipinski definition) is 0. The van der Waals surface area contributed by atoms with Gasteiger partial charge >= 0.3 is 0 Å². The Balaban J connectivity index is 1.60. The molecule has 7 heteroatoms. The van der Waals surface area contributed by atoms with E-state index in [4.69, 9.17) is 4.74 Å². The van der Waals surface area contributed by atoms with Crippen molar-refractivity contribution in [3.8, 4) is 5.75 Å². The molecule has 0 spiro atoms. The number of carbonyl (C=O) groups excluding carboxylic acids is 1. The lowest BCUT2D eigenvalue weighted by Gasteiger charge is -2.29. The van der Waals surface area contributed by atoms with Gasteiger partial charge in [0.25, 0.3) is 0 Å². The molecule has 0 unspecified atom stereocenters. The van der Waals surface area contributed by atoms with Gasteiger partial charge in [-0.05, 0) is 53.8 Å². The third-order valence-corrected chi connectivity index (χ3v) is 7.74. The molecule has 0 atom stereocenters. The number of carbonyl (C=O) groups is 1. The minimum absolute atomic E-state index is 0.114. The molecule has 0 aliphatic carbocycles. The topological polar surface area (TPSA) is 66.9 Å². The number of ether oxygens (including phenoxy) is 1. The van der Waals surface area contributed by atoms with E-state index in [1.165, 1.54) is 9.87 Å². The van der Waals surface area contributed by atoms with Crippen LogP contribution in [0.25, 0.3) is 0 Å². The minimum Gasteiger partial charge on any atom is -0.497 e. The van der Waals surface area contributed by atoms with Gasteiger partial charge in [0.1, 0.15) is 5.75 Å².